The van der Waals surface area contributed by atoms with Crippen LogP contribution < -0.4 is 0 Å². The summed E-state index contributed by atoms with van der Waals surface area (Å²) < 4.78 is 16.9. The van der Waals surface area contributed by atoms with E-state index < -0.39 is 6.10 Å². The zero-order valence-electron chi connectivity index (χ0n) is 52.2. The second-order valence-electron chi connectivity index (χ2n) is 23.1. The summed E-state index contributed by atoms with van der Waals surface area (Å²) in [6, 6.07) is 0. The van der Waals surface area contributed by atoms with Crippen molar-refractivity contribution in [2.45, 2.75) is 367 Å². The first-order valence-corrected chi connectivity index (χ1v) is 34.3. The number of carbonyl (C=O) groups is 3. The Morgan fingerprint density at radius 1 is 0.256 bits per heavy atom. The zero-order chi connectivity index (χ0) is 56.4. The SMILES string of the molecule is CCC/C=C\CCCCCCCC(=O)OCC(COC(=O)CCCCCCCCCCCC/C=C\C/C=C\C/C=C\CCCCCCC)OC(=O)CCCCCCCCCCCCCCC/C=C\CCCCCCCCCC. The smallest absolute Gasteiger partial charge is 0.306 e. The van der Waals surface area contributed by atoms with E-state index in [0.29, 0.717) is 19.3 Å². The minimum Gasteiger partial charge on any atom is -0.462 e. The molecule has 6 heteroatoms. The van der Waals surface area contributed by atoms with Gasteiger partial charge in [0.25, 0.3) is 0 Å². The predicted molar refractivity (Wildman–Crippen MR) is 339 cm³/mol. The Kier molecular flexibility index (Phi) is 64.2. The lowest BCUT2D eigenvalue weighted by atomic mass is 10.0. The van der Waals surface area contributed by atoms with Crippen LogP contribution in [0.1, 0.15) is 361 Å². The van der Waals surface area contributed by atoms with Gasteiger partial charge in [0.05, 0.1) is 0 Å². The van der Waals surface area contributed by atoms with Gasteiger partial charge in [0.1, 0.15) is 13.2 Å². The minimum absolute atomic E-state index is 0.0767. The Bertz CT molecular complexity index is 1390. The van der Waals surface area contributed by atoms with Crippen molar-refractivity contribution in [2.75, 3.05) is 13.2 Å². The highest BCUT2D eigenvalue weighted by atomic mass is 16.6. The van der Waals surface area contributed by atoms with Gasteiger partial charge in [-0.1, -0.05) is 300 Å². The topological polar surface area (TPSA) is 78.9 Å². The van der Waals surface area contributed by atoms with Crippen molar-refractivity contribution in [1.82, 2.24) is 0 Å². The van der Waals surface area contributed by atoms with Crippen LogP contribution in [0.4, 0.5) is 0 Å². The molecule has 0 aliphatic rings. The highest BCUT2D eigenvalue weighted by Gasteiger charge is 2.19. The fraction of sp³-hybridized carbons (Fsp3) is 0.819. The quantitative estimate of drug-likeness (QED) is 0.0261. The van der Waals surface area contributed by atoms with E-state index in [1.807, 2.05) is 0 Å². The Hall–Kier alpha value is -2.89. The average molecular weight is 1090 g/mol. The molecule has 1 unspecified atom stereocenters. The van der Waals surface area contributed by atoms with E-state index in [0.717, 1.165) is 83.5 Å². The maximum Gasteiger partial charge on any atom is 0.306 e. The molecular weight excluding hydrogens is 961 g/mol. The van der Waals surface area contributed by atoms with Crippen molar-refractivity contribution in [3.8, 4) is 0 Å². The Morgan fingerprint density at radius 2 is 0.487 bits per heavy atom. The summed E-state index contributed by atoms with van der Waals surface area (Å²) in [5.41, 5.74) is 0. The van der Waals surface area contributed by atoms with Crippen LogP contribution >= 0.6 is 0 Å². The van der Waals surface area contributed by atoms with Gasteiger partial charge in [0.15, 0.2) is 6.10 Å². The molecular formula is C72H130O6. The molecule has 0 aliphatic heterocycles. The van der Waals surface area contributed by atoms with Gasteiger partial charge in [-0.3, -0.25) is 14.4 Å². The van der Waals surface area contributed by atoms with Gasteiger partial charge < -0.3 is 14.2 Å². The van der Waals surface area contributed by atoms with E-state index in [-0.39, 0.29) is 31.1 Å². The molecule has 0 heterocycles. The highest BCUT2D eigenvalue weighted by molar-refractivity contribution is 5.71. The van der Waals surface area contributed by atoms with E-state index in [1.54, 1.807) is 0 Å². The minimum atomic E-state index is -0.779. The molecule has 0 amide bonds. The monoisotopic (exact) mass is 1090 g/mol. The lowest BCUT2D eigenvalue weighted by molar-refractivity contribution is -0.167. The number of hydrogen-bond donors (Lipinski definition) is 0. The van der Waals surface area contributed by atoms with Crippen molar-refractivity contribution in [2.24, 2.45) is 0 Å². The standard InChI is InChI=1S/C72H130O6/c1-4-7-10-13-16-19-22-24-26-28-30-32-34-36-38-40-42-44-46-48-50-53-56-59-62-65-71(74)77-68-69(67-76-70(73)64-61-58-55-52-21-18-15-12-9-6-3)78-72(75)66-63-60-57-54-51-49-47-45-43-41-39-37-35-33-31-29-27-25-23-20-17-14-11-8-5-2/h12,15,22,24,28-31,34,36,69H,4-11,13-14,16-21,23,25-27,32-33,35,37-68H2,1-3H3/b15-12-,24-22-,30-28-,31-29-,36-34-. The number of rotatable bonds is 63. The molecule has 0 rings (SSSR count). The number of allylic oxidation sites excluding steroid dienone is 10. The number of hydrogen-bond acceptors (Lipinski definition) is 6. The van der Waals surface area contributed by atoms with Gasteiger partial charge in [0, 0.05) is 19.3 Å². The molecule has 0 N–H and O–H groups in total. The number of ether oxygens (including phenoxy) is 3. The third kappa shape index (κ3) is 63.9. The second kappa shape index (κ2) is 66.6. The molecule has 1 atom stereocenters. The van der Waals surface area contributed by atoms with E-state index in [9.17, 15) is 14.4 Å². The summed E-state index contributed by atoms with van der Waals surface area (Å²) in [7, 11) is 0. The number of unbranched alkanes of at least 4 members (excludes halogenated alkanes) is 42. The number of esters is 3. The van der Waals surface area contributed by atoms with Crippen LogP contribution in [0.3, 0.4) is 0 Å². The van der Waals surface area contributed by atoms with Crippen LogP contribution in [0, 0.1) is 0 Å². The number of carbonyl (C=O) groups excluding carboxylic acids is 3. The Morgan fingerprint density at radius 3 is 0.782 bits per heavy atom. The molecule has 0 fully saturated rings. The van der Waals surface area contributed by atoms with Crippen molar-refractivity contribution in [3.63, 3.8) is 0 Å². The van der Waals surface area contributed by atoms with Gasteiger partial charge in [-0.2, -0.15) is 0 Å². The molecule has 0 bridgehead atoms. The third-order valence-electron chi connectivity index (χ3n) is 15.2. The molecule has 0 radical (unpaired) electrons. The van der Waals surface area contributed by atoms with Gasteiger partial charge in [-0.05, 0) is 103 Å². The van der Waals surface area contributed by atoms with Crippen LogP contribution in [0.5, 0.6) is 0 Å². The molecule has 0 aliphatic carbocycles. The molecule has 454 valence electrons. The molecule has 6 nitrogen and oxygen atoms in total. The summed E-state index contributed by atoms with van der Waals surface area (Å²) >= 11 is 0. The van der Waals surface area contributed by atoms with Crippen molar-refractivity contribution in [3.05, 3.63) is 60.8 Å². The molecule has 0 aromatic carbocycles. The van der Waals surface area contributed by atoms with Crippen molar-refractivity contribution >= 4 is 17.9 Å². The van der Waals surface area contributed by atoms with Gasteiger partial charge >= 0.3 is 17.9 Å². The fourth-order valence-corrected chi connectivity index (χ4v) is 10.0. The lowest BCUT2D eigenvalue weighted by Crippen LogP contribution is -2.30. The van der Waals surface area contributed by atoms with E-state index in [1.165, 1.54) is 238 Å². The largest absolute Gasteiger partial charge is 0.462 e. The first-order valence-electron chi connectivity index (χ1n) is 34.3. The summed E-state index contributed by atoms with van der Waals surface area (Å²) in [5.74, 6) is -0.873. The average Bonchev–Trinajstić information content (AvgIpc) is 3.44. The normalized spacial score (nSPS) is 12.4. The first kappa shape index (κ1) is 75.1. The zero-order valence-corrected chi connectivity index (χ0v) is 52.2. The van der Waals surface area contributed by atoms with E-state index >= 15 is 0 Å². The lowest BCUT2D eigenvalue weighted by Gasteiger charge is -2.18. The van der Waals surface area contributed by atoms with Gasteiger partial charge in [0.2, 0.25) is 0 Å². The van der Waals surface area contributed by atoms with Crippen LogP contribution in [-0.2, 0) is 28.6 Å². The first-order chi connectivity index (χ1) is 38.5. The Balaban J connectivity index is 4.20. The molecule has 0 saturated heterocycles. The summed E-state index contributed by atoms with van der Waals surface area (Å²) in [5, 5.41) is 0. The predicted octanol–water partition coefficient (Wildman–Crippen LogP) is 23.5. The molecule has 0 saturated carbocycles. The fourth-order valence-electron chi connectivity index (χ4n) is 10.0. The van der Waals surface area contributed by atoms with Gasteiger partial charge in [-0.25, -0.2) is 0 Å². The summed E-state index contributed by atoms with van der Waals surface area (Å²) in [4.78, 5) is 38.3. The van der Waals surface area contributed by atoms with Crippen LogP contribution in [0.25, 0.3) is 0 Å². The summed E-state index contributed by atoms with van der Waals surface area (Å²) in [6.45, 7) is 6.60. The van der Waals surface area contributed by atoms with Crippen LogP contribution in [-0.4, -0.2) is 37.2 Å². The van der Waals surface area contributed by atoms with Gasteiger partial charge in [-0.15, -0.1) is 0 Å². The second-order valence-corrected chi connectivity index (χ2v) is 23.1. The summed E-state index contributed by atoms with van der Waals surface area (Å²) in [6.07, 6.45) is 85.4. The molecule has 0 aromatic rings. The van der Waals surface area contributed by atoms with Crippen LogP contribution in [0.15, 0.2) is 60.8 Å². The van der Waals surface area contributed by atoms with E-state index in [4.69, 9.17) is 14.2 Å². The molecule has 0 aromatic heterocycles. The van der Waals surface area contributed by atoms with Crippen molar-refractivity contribution < 1.29 is 28.6 Å². The molecule has 0 spiro atoms. The maximum atomic E-state index is 12.9. The Labute approximate surface area is 485 Å². The highest BCUT2D eigenvalue weighted by Crippen LogP contribution is 2.17. The molecule has 78 heavy (non-hydrogen) atoms. The maximum absolute atomic E-state index is 12.9. The van der Waals surface area contributed by atoms with Crippen LogP contribution in [0.2, 0.25) is 0 Å². The third-order valence-corrected chi connectivity index (χ3v) is 15.2. The van der Waals surface area contributed by atoms with E-state index in [2.05, 4.69) is 81.5 Å². The van der Waals surface area contributed by atoms with Crippen molar-refractivity contribution in [1.29, 1.82) is 0 Å².